The number of hydrogen-bond acceptors (Lipinski definition) is 4. The van der Waals surface area contributed by atoms with Crippen LogP contribution in [0.3, 0.4) is 0 Å². The highest BCUT2D eigenvalue weighted by molar-refractivity contribution is 5.66. The Morgan fingerprint density at radius 1 is 1.14 bits per heavy atom. The number of halogens is 1. The van der Waals surface area contributed by atoms with Gasteiger partial charge in [0.05, 0.1) is 0 Å². The third-order valence-corrected chi connectivity index (χ3v) is 3.34. The first-order chi connectivity index (χ1) is 10.0. The summed E-state index contributed by atoms with van der Waals surface area (Å²) < 4.78 is 13.2. The smallest absolute Gasteiger partial charge is 0.139 e. The van der Waals surface area contributed by atoms with E-state index < -0.39 is 0 Å². The van der Waals surface area contributed by atoms with Gasteiger partial charge in [0, 0.05) is 24.7 Å². The molecule has 1 heterocycles. The van der Waals surface area contributed by atoms with E-state index in [2.05, 4.69) is 27.5 Å². The lowest BCUT2D eigenvalue weighted by atomic mass is 10.2. The number of aromatic nitrogens is 2. The maximum absolute atomic E-state index is 13.2. The molecule has 4 nitrogen and oxygen atoms in total. The van der Waals surface area contributed by atoms with Crippen molar-refractivity contribution in [2.24, 2.45) is 0 Å². The molecule has 0 radical (unpaired) electrons. The lowest BCUT2D eigenvalue weighted by molar-refractivity contribution is 0.627. The van der Waals surface area contributed by atoms with Gasteiger partial charge < -0.3 is 10.6 Å². The van der Waals surface area contributed by atoms with Gasteiger partial charge in [0.2, 0.25) is 0 Å². The van der Waals surface area contributed by atoms with Crippen molar-refractivity contribution in [3.05, 3.63) is 41.0 Å². The van der Waals surface area contributed by atoms with Crippen molar-refractivity contribution in [1.82, 2.24) is 9.97 Å². The lowest BCUT2D eigenvalue weighted by Gasteiger charge is -2.15. The number of rotatable bonds is 5. The lowest BCUT2D eigenvalue weighted by Crippen LogP contribution is -2.07. The summed E-state index contributed by atoms with van der Waals surface area (Å²) in [5, 5.41) is 6.38. The first kappa shape index (κ1) is 15.2. The van der Waals surface area contributed by atoms with Gasteiger partial charge in [-0.25, -0.2) is 14.4 Å². The first-order valence-corrected chi connectivity index (χ1v) is 7.13. The predicted octanol–water partition coefficient (Wildman–Crippen LogP) is 3.97. The highest BCUT2D eigenvalue weighted by atomic mass is 19.1. The number of aryl methyl sites for hydroxylation is 2. The molecule has 0 spiro atoms. The molecule has 0 atom stereocenters. The van der Waals surface area contributed by atoms with Gasteiger partial charge in [-0.05, 0) is 44.0 Å². The van der Waals surface area contributed by atoms with Crippen molar-refractivity contribution in [2.75, 3.05) is 17.7 Å². The minimum absolute atomic E-state index is 0.236. The van der Waals surface area contributed by atoms with Crippen molar-refractivity contribution >= 4 is 17.3 Å². The Kier molecular flexibility index (Phi) is 4.73. The van der Waals surface area contributed by atoms with E-state index in [4.69, 9.17) is 0 Å². The Morgan fingerprint density at radius 2 is 1.86 bits per heavy atom. The molecular weight excluding hydrogens is 267 g/mol. The van der Waals surface area contributed by atoms with Crippen LogP contribution in [-0.2, 0) is 6.42 Å². The van der Waals surface area contributed by atoms with Gasteiger partial charge in [-0.2, -0.15) is 0 Å². The average molecular weight is 288 g/mol. The van der Waals surface area contributed by atoms with E-state index in [-0.39, 0.29) is 5.82 Å². The van der Waals surface area contributed by atoms with Crippen LogP contribution in [-0.4, -0.2) is 17.0 Å². The fourth-order valence-electron chi connectivity index (χ4n) is 2.16. The Balaban J connectivity index is 2.40. The number of nitrogens with zero attached hydrogens (tertiary/aromatic N) is 2. The van der Waals surface area contributed by atoms with E-state index in [1.165, 1.54) is 12.1 Å². The first-order valence-electron chi connectivity index (χ1n) is 7.13. The molecule has 5 heteroatoms. The number of benzene rings is 1. The highest BCUT2D eigenvalue weighted by Crippen LogP contribution is 2.25. The second-order valence-corrected chi connectivity index (χ2v) is 5.05. The van der Waals surface area contributed by atoms with Gasteiger partial charge in [-0.15, -0.1) is 0 Å². The van der Waals surface area contributed by atoms with E-state index >= 15 is 0 Å². The molecule has 0 fully saturated rings. The molecular formula is C16H21FN4. The Labute approximate surface area is 124 Å². The van der Waals surface area contributed by atoms with Crippen LogP contribution in [0.25, 0.3) is 0 Å². The van der Waals surface area contributed by atoms with Crippen molar-refractivity contribution in [2.45, 2.75) is 33.6 Å². The largest absolute Gasteiger partial charge is 0.373 e. The normalized spacial score (nSPS) is 10.5. The van der Waals surface area contributed by atoms with Gasteiger partial charge in [-0.1, -0.05) is 6.92 Å². The summed E-state index contributed by atoms with van der Waals surface area (Å²) in [7, 11) is 1.85. The summed E-state index contributed by atoms with van der Waals surface area (Å²) in [4.78, 5) is 9.07. The van der Waals surface area contributed by atoms with Crippen LogP contribution in [0, 0.1) is 19.7 Å². The summed E-state index contributed by atoms with van der Waals surface area (Å²) in [6.07, 6.45) is 1.81. The minimum atomic E-state index is -0.236. The molecule has 0 amide bonds. The van der Waals surface area contributed by atoms with Crippen molar-refractivity contribution < 1.29 is 4.39 Å². The molecule has 2 rings (SSSR count). The molecule has 0 aliphatic heterocycles. The highest BCUT2D eigenvalue weighted by Gasteiger charge is 2.11. The van der Waals surface area contributed by atoms with Crippen molar-refractivity contribution in [1.29, 1.82) is 0 Å². The van der Waals surface area contributed by atoms with Crippen LogP contribution in [0.15, 0.2) is 18.2 Å². The van der Waals surface area contributed by atoms with E-state index in [0.717, 1.165) is 47.1 Å². The zero-order chi connectivity index (χ0) is 15.4. The van der Waals surface area contributed by atoms with Crippen molar-refractivity contribution in [3.63, 3.8) is 0 Å². The van der Waals surface area contributed by atoms with Crippen LogP contribution in [0.1, 0.15) is 30.3 Å². The van der Waals surface area contributed by atoms with E-state index in [1.807, 2.05) is 20.9 Å². The van der Waals surface area contributed by atoms with E-state index in [1.54, 1.807) is 6.07 Å². The molecule has 0 bridgehead atoms. The molecule has 0 unspecified atom stereocenters. The van der Waals surface area contributed by atoms with E-state index in [0.29, 0.717) is 0 Å². The second kappa shape index (κ2) is 6.52. The van der Waals surface area contributed by atoms with Crippen LogP contribution in [0.4, 0.5) is 21.7 Å². The summed E-state index contributed by atoms with van der Waals surface area (Å²) in [5.41, 5.74) is 2.64. The zero-order valence-electron chi connectivity index (χ0n) is 12.9. The minimum Gasteiger partial charge on any atom is -0.373 e. The van der Waals surface area contributed by atoms with E-state index in [9.17, 15) is 4.39 Å². The third kappa shape index (κ3) is 3.48. The Hall–Kier alpha value is -2.17. The Morgan fingerprint density at radius 3 is 2.48 bits per heavy atom. The van der Waals surface area contributed by atoms with Gasteiger partial charge in [0.15, 0.2) is 0 Å². The number of nitrogens with one attached hydrogen (secondary N) is 2. The van der Waals surface area contributed by atoms with Crippen LogP contribution >= 0.6 is 0 Å². The van der Waals surface area contributed by atoms with Crippen LogP contribution in [0.5, 0.6) is 0 Å². The van der Waals surface area contributed by atoms with Gasteiger partial charge in [0.25, 0.3) is 0 Å². The zero-order valence-corrected chi connectivity index (χ0v) is 12.9. The second-order valence-electron chi connectivity index (χ2n) is 5.05. The quantitative estimate of drug-likeness (QED) is 0.874. The topological polar surface area (TPSA) is 49.8 Å². The molecule has 0 aliphatic rings. The molecule has 21 heavy (non-hydrogen) atoms. The fraction of sp³-hybridized carbons (Fsp3) is 0.375. The van der Waals surface area contributed by atoms with Gasteiger partial charge in [0.1, 0.15) is 23.3 Å². The average Bonchev–Trinajstić information content (AvgIpc) is 2.45. The number of hydrogen-bond donors (Lipinski definition) is 2. The molecule has 0 aliphatic carbocycles. The maximum Gasteiger partial charge on any atom is 0.139 e. The van der Waals surface area contributed by atoms with Gasteiger partial charge in [-0.3, -0.25) is 0 Å². The standard InChI is InChI=1S/C16H21FN4/c1-5-6-14-20-15(18-4)11(3)16(21-14)19-13-8-7-12(17)9-10(13)2/h7-9H,5-6H2,1-4H3,(H2,18,19,20,21). The predicted molar refractivity (Wildman–Crippen MR) is 84.7 cm³/mol. The molecule has 2 aromatic rings. The van der Waals surface area contributed by atoms with Gasteiger partial charge >= 0.3 is 0 Å². The van der Waals surface area contributed by atoms with Crippen molar-refractivity contribution in [3.8, 4) is 0 Å². The maximum atomic E-state index is 13.2. The molecule has 1 aromatic heterocycles. The summed E-state index contributed by atoms with van der Waals surface area (Å²) in [6.45, 7) is 5.93. The summed E-state index contributed by atoms with van der Waals surface area (Å²) in [5.74, 6) is 2.14. The third-order valence-electron chi connectivity index (χ3n) is 3.34. The molecule has 0 saturated heterocycles. The number of anilines is 3. The SMILES string of the molecule is CCCc1nc(NC)c(C)c(Nc2ccc(F)cc2C)n1. The fourth-order valence-corrected chi connectivity index (χ4v) is 2.16. The summed E-state index contributed by atoms with van der Waals surface area (Å²) in [6, 6.07) is 4.67. The van der Waals surface area contributed by atoms with Crippen LogP contribution < -0.4 is 10.6 Å². The van der Waals surface area contributed by atoms with Crippen LogP contribution in [0.2, 0.25) is 0 Å². The molecule has 1 aromatic carbocycles. The monoisotopic (exact) mass is 288 g/mol. The summed E-state index contributed by atoms with van der Waals surface area (Å²) >= 11 is 0. The Bertz CT molecular complexity index is 640. The molecule has 2 N–H and O–H groups in total. The molecule has 0 saturated carbocycles. The molecule has 112 valence electrons.